The van der Waals surface area contributed by atoms with E-state index in [1.54, 1.807) is 37.3 Å². The normalized spacial score (nSPS) is 15.1. The van der Waals surface area contributed by atoms with E-state index in [2.05, 4.69) is 30.0 Å². The molecule has 1 fully saturated rings. The number of nitrogens with one attached hydrogen (secondary N) is 1. The third kappa shape index (κ3) is 5.65. The maximum atomic E-state index is 14.2. The molecule has 2 aromatic rings. The van der Waals surface area contributed by atoms with Crippen LogP contribution in [0.15, 0.2) is 84.9 Å². The van der Waals surface area contributed by atoms with E-state index in [-0.39, 0.29) is 17.3 Å². The molecule has 3 rings (SSSR count). The molecule has 0 saturated carbocycles. The van der Waals surface area contributed by atoms with Gasteiger partial charge in [0.2, 0.25) is 0 Å². The molecule has 1 N–H and O–H groups in total. The lowest BCUT2D eigenvalue weighted by molar-refractivity contribution is -0.136. The van der Waals surface area contributed by atoms with Gasteiger partial charge in [-0.2, -0.15) is 13.2 Å². The van der Waals surface area contributed by atoms with Gasteiger partial charge < -0.3 is 10.2 Å². The van der Waals surface area contributed by atoms with Gasteiger partial charge in [-0.3, -0.25) is 9.36 Å². The van der Waals surface area contributed by atoms with E-state index in [4.69, 9.17) is 0 Å². The summed E-state index contributed by atoms with van der Waals surface area (Å²) in [6.07, 6.45) is 9.18. The van der Waals surface area contributed by atoms with Crippen LogP contribution in [-0.4, -0.2) is 22.6 Å². The summed E-state index contributed by atoms with van der Waals surface area (Å²) < 4.78 is 44.2. The summed E-state index contributed by atoms with van der Waals surface area (Å²) in [5, 5.41) is 2.61. The maximum Gasteiger partial charge on any atom is 0.417 e. The highest BCUT2D eigenvalue weighted by molar-refractivity contribution is 5.88. The van der Waals surface area contributed by atoms with Crippen LogP contribution in [0.1, 0.15) is 31.7 Å². The van der Waals surface area contributed by atoms with Crippen molar-refractivity contribution in [3.8, 4) is 0 Å². The molecule has 0 bridgehead atoms. The molecular weight excluding hydrogens is 453 g/mol. The van der Waals surface area contributed by atoms with E-state index in [9.17, 15) is 18.0 Å². The van der Waals surface area contributed by atoms with Crippen molar-refractivity contribution in [2.24, 2.45) is 0 Å². The lowest BCUT2D eigenvalue weighted by Crippen LogP contribution is -2.24. The van der Waals surface area contributed by atoms with E-state index in [0.29, 0.717) is 30.9 Å². The van der Waals surface area contributed by atoms with Crippen molar-refractivity contribution in [1.82, 2.24) is 9.55 Å². The monoisotopic (exact) mass is 482 g/mol. The summed E-state index contributed by atoms with van der Waals surface area (Å²) in [6, 6.07) is 2.14. The molecule has 2 aromatic heterocycles. The van der Waals surface area contributed by atoms with Gasteiger partial charge in [0.1, 0.15) is 11.6 Å². The Morgan fingerprint density at radius 1 is 1.20 bits per heavy atom. The van der Waals surface area contributed by atoms with Crippen molar-refractivity contribution >= 4 is 28.4 Å². The predicted molar refractivity (Wildman–Crippen MR) is 138 cm³/mol. The lowest BCUT2D eigenvalue weighted by Gasteiger charge is -2.23. The van der Waals surface area contributed by atoms with Crippen molar-refractivity contribution in [2.75, 3.05) is 23.3 Å². The summed E-state index contributed by atoms with van der Waals surface area (Å²) in [5.74, 6) is 0.449. The third-order valence-corrected chi connectivity index (χ3v) is 5.57. The van der Waals surface area contributed by atoms with Crippen LogP contribution in [0.2, 0.25) is 0 Å². The molecule has 5 nitrogen and oxygen atoms in total. The fraction of sp³-hybridized carbons (Fsp3) is 0.259. The molecule has 0 aromatic carbocycles. The molecule has 0 spiro atoms. The van der Waals surface area contributed by atoms with Crippen LogP contribution in [0, 0.1) is 0 Å². The fourth-order valence-corrected chi connectivity index (χ4v) is 4.03. The van der Waals surface area contributed by atoms with Gasteiger partial charge in [-0.05, 0) is 50.5 Å². The molecule has 0 unspecified atom stereocenters. The largest absolute Gasteiger partial charge is 0.417 e. The highest BCUT2D eigenvalue weighted by atomic mass is 19.4. The van der Waals surface area contributed by atoms with Gasteiger partial charge in [0.15, 0.2) is 11.1 Å². The van der Waals surface area contributed by atoms with Crippen molar-refractivity contribution in [3.63, 3.8) is 0 Å². The third-order valence-electron chi connectivity index (χ3n) is 5.57. The van der Waals surface area contributed by atoms with Gasteiger partial charge >= 0.3 is 6.18 Å². The molecule has 184 valence electrons. The minimum Gasteiger partial charge on any atom is -0.357 e. The summed E-state index contributed by atoms with van der Waals surface area (Å²) in [6.45, 7) is 14.2. The van der Waals surface area contributed by atoms with Crippen molar-refractivity contribution in [2.45, 2.75) is 32.4 Å². The lowest BCUT2D eigenvalue weighted by atomic mass is 10.1. The predicted octanol–water partition coefficient (Wildman–Crippen LogP) is 6.68. The van der Waals surface area contributed by atoms with Crippen molar-refractivity contribution < 1.29 is 13.2 Å². The van der Waals surface area contributed by atoms with E-state index >= 15 is 0 Å². The topological polar surface area (TPSA) is 50.2 Å². The van der Waals surface area contributed by atoms with Crippen molar-refractivity contribution in [3.05, 3.63) is 95.9 Å². The van der Waals surface area contributed by atoms with Gasteiger partial charge in [-0.1, -0.05) is 37.5 Å². The summed E-state index contributed by atoms with van der Waals surface area (Å²) >= 11 is 0. The smallest absolute Gasteiger partial charge is 0.357 e. The molecule has 1 aliphatic rings. The first-order chi connectivity index (χ1) is 16.7. The summed E-state index contributed by atoms with van der Waals surface area (Å²) in [5.41, 5.74) is -0.794. The minimum absolute atomic E-state index is 0.0767. The molecule has 0 radical (unpaired) electrons. The molecule has 8 heteroatoms. The Kier molecular flexibility index (Phi) is 8.17. The van der Waals surface area contributed by atoms with E-state index in [1.807, 2.05) is 11.0 Å². The number of halogens is 3. The quantitative estimate of drug-likeness (QED) is 0.320. The second-order valence-electron chi connectivity index (χ2n) is 7.99. The molecule has 1 aliphatic heterocycles. The number of alkyl halides is 3. The molecule has 0 aliphatic carbocycles. The zero-order valence-corrected chi connectivity index (χ0v) is 19.7. The maximum absolute atomic E-state index is 14.2. The number of hydrogen-bond acceptors (Lipinski definition) is 4. The Morgan fingerprint density at radius 3 is 2.49 bits per heavy atom. The Balaban J connectivity index is 2.50. The first kappa shape index (κ1) is 25.8. The second-order valence-corrected chi connectivity index (χ2v) is 7.99. The Morgan fingerprint density at radius 2 is 1.91 bits per heavy atom. The summed E-state index contributed by atoms with van der Waals surface area (Å²) in [4.78, 5) is 19.6. The van der Waals surface area contributed by atoms with Crippen LogP contribution >= 0.6 is 0 Å². The number of nitrogens with zero attached hydrogens (tertiary/aromatic N) is 3. The van der Waals surface area contributed by atoms with Crippen LogP contribution in [0.5, 0.6) is 0 Å². The van der Waals surface area contributed by atoms with E-state index < -0.39 is 22.6 Å². The highest BCUT2D eigenvalue weighted by Crippen LogP contribution is 2.37. The average molecular weight is 483 g/mol. The SMILES string of the molecule is C=C/C=C(\C=C)Nc1cc(=O)c2c(C(F)(F)F)cc(N3CCCC3)nc2n1C(=CCC=C)/C=C\C. The van der Waals surface area contributed by atoms with Crippen LogP contribution < -0.4 is 15.6 Å². The van der Waals surface area contributed by atoms with Gasteiger partial charge in [-0.25, -0.2) is 4.98 Å². The zero-order valence-electron chi connectivity index (χ0n) is 19.7. The Hall–Kier alpha value is -3.81. The standard InChI is InChI=1S/C27H29F3N4O/c1-5-9-14-20(13-7-3)34-24(31-19(8-4)12-6-2)18-22(35)25-21(27(28,29)30)17-23(32-26(25)34)33-15-10-11-16-33/h5-8,12-14,17-18,31H,1-2,4,9-11,15-16H2,3H3/b13-7-,19-12+,20-14?. The number of aromatic nitrogens is 2. The van der Waals surface area contributed by atoms with Gasteiger partial charge in [0.25, 0.3) is 0 Å². The average Bonchev–Trinajstić information content (AvgIpc) is 3.36. The fourth-order valence-electron chi connectivity index (χ4n) is 4.03. The van der Waals surface area contributed by atoms with Crippen LogP contribution in [0.3, 0.4) is 0 Å². The zero-order chi connectivity index (χ0) is 25.6. The molecule has 3 heterocycles. The van der Waals surface area contributed by atoms with E-state index in [0.717, 1.165) is 25.0 Å². The molecule has 35 heavy (non-hydrogen) atoms. The van der Waals surface area contributed by atoms with Gasteiger partial charge in [-0.15, -0.1) is 6.58 Å². The number of hydrogen-bond donors (Lipinski definition) is 1. The highest BCUT2D eigenvalue weighted by Gasteiger charge is 2.36. The Bertz CT molecular complexity index is 1280. The molecule has 0 atom stereocenters. The number of rotatable bonds is 9. The van der Waals surface area contributed by atoms with Gasteiger partial charge in [0, 0.05) is 30.5 Å². The summed E-state index contributed by atoms with van der Waals surface area (Å²) in [7, 11) is 0. The number of fused-ring (bicyclic) bond motifs is 1. The van der Waals surface area contributed by atoms with Crippen LogP contribution in [-0.2, 0) is 6.18 Å². The first-order valence-electron chi connectivity index (χ1n) is 11.3. The first-order valence-corrected chi connectivity index (χ1v) is 11.3. The second kappa shape index (κ2) is 11.1. The molecule has 1 saturated heterocycles. The van der Waals surface area contributed by atoms with Crippen LogP contribution in [0.25, 0.3) is 16.7 Å². The van der Waals surface area contributed by atoms with Gasteiger partial charge in [0.05, 0.1) is 10.9 Å². The Labute approximate surface area is 203 Å². The number of pyridine rings is 2. The number of anilines is 2. The molecular formula is C27H29F3N4O. The molecule has 0 amide bonds. The van der Waals surface area contributed by atoms with E-state index in [1.165, 1.54) is 10.6 Å². The number of allylic oxidation sites excluding steroid dienone is 8. The van der Waals surface area contributed by atoms with Crippen LogP contribution in [0.4, 0.5) is 24.8 Å². The minimum atomic E-state index is -4.73. The van der Waals surface area contributed by atoms with Crippen molar-refractivity contribution in [1.29, 1.82) is 0 Å².